The van der Waals surface area contributed by atoms with Crippen LogP contribution >= 0.6 is 0 Å². The first kappa shape index (κ1) is 14.9. The molecule has 2 atom stereocenters. The Morgan fingerprint density at radius 1 is 1.40 bits per heavy atom. The van der Waals surface area contributed by atoms with Gasteiger partial charge in [0, 0.05) is 25.6 Å². The van der Waals surface area contributed by atoms with Gasteiger partial charge in [-0.2, -0.15) is 0 Å². The molecule has 1 aliphatic heterocycles. The lowest BCUT2D eigenvalue weighted by Crippen LogP contribution is -2.33. The molecule has 1 aromatic rings. The van der Waals surface area contributed by atoms with Crippen molar-refractivity contribution in [1.82, 2.24) is 5.32 Å². The number of aryl methyl sites for hydroxylation is 1. The summed E-state index contributed by atoms with van der Waals surface area (Å²) in [5, 5.41) is 3.03. The summed E-state index contributed by atoms with van der Waals surface area (Å²) in [6.07, 6.45) is 2.38. The number of hydrogen-bond acceptors (Lipinski definition) is 2. The van der Waals surface area contributed by atoms with E-state index in [4.69, 9.17) is 10.5 Å². The maximum absolute atomic E-state index is 5.98. The van der Waals surface area contributed by atoms with Gasteiger partial charge >= 0.3 is 0 Å². The van der Waals surface area contributed by atoms with Gasteiger partial charge in [-0.05, 0) is 32.3 Å². The van der Waals surface area contributed by atoms with E-state index in [0.29, 0.717) is 11.9 Å². The molecule has 0 saturated carbocycles. The predicted octanol–water partition coefficient (Wildman–Crippen LogP) is 2.39. The summed E-state index contributed by atoms with van der Waals surface area (Å²) in [7, 11) is 0. The SMILES string of the molecule is CCNC(N)=NCC1CCCOC1c1ccc(C)cc1. The van der Waals surface area contributed by atoms with E-state index in [0.717, 1.165) is 32.5 Å². The molecule has 4 nitrogen and oxygen atoms in total. The molecule has 1 aromatic carbocycles. The van der Waals surface area contributed by atoms with Gasteiger partial charge in [0.2, 0.25) is 0 Å². The fourth-order valence-corrected chi connectivity index (χ4v) is 2.61. The van der Waals surface area contributed by atoms with Crippen LogP contribution in [0.3, 0.4) is 0 Å². The first-order valence-corrected chi connectivity index (χ1v) is 7.42. The second-order valence-electron chi connectivity index (χ2n) is 5.36. The second-order valence-corrected chi connectivity index (χ2v) is 5.36. The van der Waals surface area contributed by atoms with E-state index in [2.05, 4.69) is 41.5 Å². The number of nitrogens with two attached hydrogens (primary N) is 1. The van der Waals surface area contributed by atoms with E-state index in [-0.39, 0.29) is 6.10 Å². The van der Waals surface area contributed by atoms with E-state index >= 15 is 0 Å². The number of nitrogens with zero attached hydrogens (tertiary/aromatic N) is 1. The minimum Gasteiger partial charge on any atom is -0.373 e. The Labute approximate surface area is 121 Å². The molecule has 0 bridgehead atoms. The molecule has 0 aromatic heterocycles. The van der Waals surface area contributed by atoms with E-state index < -0.39 is 0 Å². The zero-order valence-corrected chi connectivity index (χ0v) is 12.4. The summed E-state index contributed by atoms with van der Waals surface area (Å²) in [4.78, 5) is 4.43. The molecule has 1 saturated heterocycles. The Hall–Kier alpha value is -1.55. The third kappa shape index (κ3) is 3.97. The molecule has 1 fully saturated rings. The van der Waals surface area contributed by atoms with Crippen LogP contribution in [0.4, 0.5) is 0 Å². The molecule has 0 radical (unpaired) electrons. The van der Waals surface area contributed by atoms with Crippen molar-refractivity contribution in [2.24, 2.45) is 16.6 Å². The van der Waals surface area contributed by atoms with Crippen molar-refractivity contribution in [1.29, 1.82) is 0 Å². The summed E-state index contributed by atoms with van der Waals surface area (Å²) < 4.78 is 5.98. The number of guanidine groups is 1. The highest BCUT2D eigenvalue weighted by Gasteiger charge is 2.27. The first-order chi connectivity index (χ1) is 9.70. The maximum Gasteiger partial charge on any atom is 0.188 e. The van der Waals surface area contributed by atoms with Crippen LogP contribution in [0.25, 0.3) is 0 Å². The predicted molar refractivity (Wildman–Crippen MR) is 82.8 cm³/mol. The first-order valence-electron chi connectivity index (χ1n) is 7.42. The van der Waals surface area contributed by atoms with E-state index in [1.807, 2.05) is 6.92 Å². The summed E-state index contributed by atoms with van der Waals surface area (Å²) in [6.45, 7) is 6.47. The third-order valence-electron chi connectivity index (χ3n) is 3.70. The average Bonchev–Trinajstić information content (AvgIpc) is 2.47. The Morgan fingerprint density at radius 3 is 2.85 bits per heavy atom. The molecule has 2 unspecified atom stereocenters. The Bertz CT molecular complexity index is 442. The van der Waals surface area contributed by atoms with Gasteiger partial charge in [-0.15, -0.1) is 0 Å². The molecule has 1 aliphatic rings. The van der Waals surface area contributed by atoms with Gasteiger partial charge in [0.15, 0.2) is 5.96 Å². The van der Waals surface area contributed by atoms with Crippen LogP contribution in [0.1, 0.15) is 37.0 Å². The third-order valence-corrected chi connectivity index (χ3v) is 3.70. The maximum atomic E-state index is 5.98. The Kier molecular flexibility index (Phi) is 5.41. The number of aliphatic imine (C=N–C) groups is 1. The molecule has 4 heteroatoms. The van der Waals surface area contributed by atoms with Gasteiger partial charge in [0.05, 0.1) is 6.10 Å². The molecule has 0 spiro atoms. The van der Waals surface area contributed by atoms with Crippen molar-refractivity contribution >= 4 is 5.96 Å². The normalized spacial score (nSPS) is 23.6. The van der Waals surface area contributed by atoms with Crippen LogP contribution in [0, 0.1) is 12.8 Å². The van der Waals surface area contributed by atoms with Crippen LogP contribution in [0.5, 0.6) is 0 Å². The number of ether oxygens (including phenoxy) is 1. The van der Waals surface area contributed by atoms with Gasteiger partial charge in [0.25, 0.3) is 0 Å². The minimum atomic E-state index is 0.141. The Morgan fingerprint density at radius 2 is 2.15 bits per heavy atom. The summed E-state index contributed by atoms with van der Waals surface area (Å²) in [6, 6.07) is 8.60. The highest BCUT2D eigenvalue weighted by molar-refractivity contribution is 5.77. The van der Waals surface area contributed by atoms with Crippen molar-refractivity contribution in [2.45, 2.75) is 32.8 Å². The molecule has 0 amide bonds. The zero-order valence-electron chi connectivity index (χ0n) is 12.4. The van der Waals surface area contributed by atoms with Gasteiger partial charge in [-0.1, -0.05) is 29.8 Å². The van der Waals surface area contributed by atoms with Crippen LogP contribution < -0.4 is 11.1 Å². The fourth-order valence-electron chi connectivity index (χ4n) is 2.61. The molecule has 3 N–H and O–H groups in total. The molecule has 110 valence electrons. The molecular formula is C16H25N3O. The lowest BCUT2D eigenvalue weighted by atomic mass is 9.89. The lowest BCUT2D eigenvalue weighted by Gasteiger charge is -2.31. The van der Waals surface area contributed by atoms with Crippen LogP contribution in [0.15, 0.2) is 29.3 Å². The smallest absolute Gasteiger partial charge is 0.188 e. The second kappa shape index (κ2) is 7.29. The number of hydrogen-bond donors (Lipinski definition) is 2. The molecular weight excluding hydrogens is 250 g/mol. The molecule has 2 rings (SSSR count). The fraction of sp³-hybridized carbons (Fsp3) is 0.562. The summed E-state index contributed by atoms with van der Waals surface area (Å²) in [5.74, 6) is 0.935. The standard InChI is InChI=1S/C16H25N3O/c1-3-18-16(17)19-11-14-5-4-10-20-15(14)13-8-6-12(2)7-9-13/h6-9,14-15H,3-5,10-11H2,1-2H3,(H3,17,18,19). The lowest BCUT2D eigenvalue weighted by molar-refractivity contribution is -0.0250. The van der Waals surface area contributed by atoms with E-state index in [1.165, 1.54) is 11.1 Å². The molecule has 0 aliphatic carbocycles. The Balaban J connectivity index is 2.05. The average molecular weight is 275 g/mol. The molecule has 1 heterocycles. The van der Waals surface area contributed by atoms with Crippen LogP contribution in [0.2, 0.25) is 0 Å². The van der Waals surface area contributed by atoms with Crippen molar-refractivity contribution in [3.63, 3.8) is 0 Å². The molecule has 20 heavy (non-hydrogen) atoms. The number of rotatable bonds is 4. The van der Waals surface area contributed by atoms with E-state index in [9.17, 15) is 0 Å². The summed E-state index contributed by atoms with van der Waals surface area (Å²) in [5.41, 5.74) is 8.32. The monoisotopic (exact) mass is 275 g/mol. The minimum absolute atomic E-state index is 0.141. The highest BCUT2D eigenvalue weighted by Crippen LogP contribution is 2.33. The number of benzene rings is 1. The van der Waals surface area contributed by atoms with Crippen LogP contribution in [-0.4, -0.2) is 25.7 Å². The number of nitrogens with one attached hydrogen (secondary N) is 1. The van der Waals surface area contributed by atoms with Gasteiger partial charge < -0.3 is 15.8 Å². The van der Waals surface area contributed by atoms with Crippen molar-refractivity contribution < 1.29 is 4.74 Å². The van der Waals surface area contributed by atoms with Gasteiger partial charge in [-0.3, -0.25) is 4.99 Å². The van der Waals surface area contributed by atoms with Crippen molar-refractivity contribution in [2.75, 3.05) is 19.7 Å². The van der Waals surface area contributed by atoms with Crippen molar-refractivity contribution in [3.8, 4) is 0 Å². The van der Waals surface area contributed by atoms with Crippen molar-refractivity contribution in [3.05, 3.63) is 35.4 Å². The summed E-state index contributed by atoms with van der Waals surface area (Å²) >= 11 is 0. The van der Waals surface area contributed by atoms with E-state index in [1.54, 1.807) is 0 Å². The van der Waals surface area contributed by atoms with Crippen LogP contribution in [-0.2, 0) is 4.74 Å². The zero-order chi connectivity index (χ0) is 14.4. The van der Waals surface area contributed by atoms with Gasteiger partial charge in [0.1, 0.15) is 0 Å². The topological polar surface area (TPSA) is 59.6 Å². The largest absolute Gasteiger partial charge is 0.373 e. The quantitative estimate of drug-likeness (QED) is 0.655. The highest BCUT2D eigenvalue weighted by atomic mass is 16.5. The van der Waals surface area contributed by atoms with Gasteiger partial charge in [-0.25, -0.2) is 0 Å².